The van der Waals surface area contributed by atoms with Gasteiger partial charge in [0.25, 0.3) is 0 Å². The molecule has 8 heteroatoms. The van der Waals surface area contributed by atoms with E-state index < -0.39 is 10.0 Å². The number of ether oxygens (including phenoxy) is 2. The number of nitrogens with one attached hydrogen (secondary N) is 1. The standard InChI is InChI=1S/C14H19N3O4S/c1-4-17-10-11(8-15-17)9-16-22(18,19)12-5-6-13(20-2)14(7-12)21-3/h5-8,10,16H,4,9H2,1-3H3. The molecule has 0 amide bonds. The van der Waals surface area contributed by atoms with Gasteiger partial charge in [-0.1, -0.05) is 0 Å². The zero-order valence-corrected chi connectivity index (χ0v) is 13.6. The van der Waals surface area contributed by atoms with E-state index >= 15 is 0 Å². The molecular formula is C14H19N3O4S. The van der Waals surface area contributed by atoms with Crippen LogP contribution in [0.3, 0.4) is 0 Å². The fourth-order valence-electron chi connectivity index (χ4n) is 1.92. The van der Waals surface area contributed by atoms with Crippen molar-refractivity contribution in [2.45, 2.75) is 24.9 Å². The predicted octanol–water partition coefficient (Wildman–Crippen LogP) is 1.40. The Balaban J connectivity index is 2.16. The number of sulfonamides is 1. The van der Waals surface area contributed by atoms with Crippen molar-refractivity contribution in [2.75, 3.05) is 14.2 Å². The molecule has 1 heterocycles. The lowest BCUT2D eigenvalue weighted by Crippen LogP contribution is -2.23. The minimum atomic E-state index is -3.64. The van der Waals surface area contributed by atoms with Gasteiger partial charge < -0.3 is 9.47 Å². The summed E-state index contributed by atoms with van der Waals surface area (Å²) in [6.07, 6.45) is 3.44. The maximum Gasteiger partial charge on any atom is 0.241 e. The first kappa shape index (κ1) is 16.3. The lowest BCUT2D eigenvalue weighted by molar-refractivity contribution is 0.354. The molecule has 1 N–H and O–H groups in total. The minimum Gasteiger partial charge on any atom is -0.493 e. The van der Waals surface area contributed by atoms with Crippen molar-refractivity contribution in [3.05, 3.63) is 36.2 Å². The van der Waals surface area contributed by atoms with Gasteiger partial charge in [0, 0.05) is 30.9 Å². The number of aromatic nitrogens is 2. The summed E-state index contributed by atoms with van der Waals surface area (Å²) >= 11 is 0. The average Bonchev–Trinajstić information content (AvgIpc) is 3.00. The molecule has 7 nitrogen and oxygen atoms in total. The van der Waals surface area contributed by atoms with Crippen molar-refractivity contribution in [1.82, 2.24) is 14.5 Å². The number of aryl methyl sites for hydroxylation is 1. The van der Waals surface area contributed by atoms with Crippen molar-refractivity contribution in [3.8, 4) is 11.5 Å². The molecular weight excluding hydrogens is 306 g/mol. The summed E-state index contributed by atoms with van der Waals surface area (Å²) in [6.45, 7) is 2.88. The van der Waals surface area contributed by atoms with Gasteiger partial charge in [-0.25, -0.2) is 13.1 Å². The number of benzene rings is 1. The van der Waals surface area contributed by atoms with Crippen LogP contribution in [0.5, 0.6) is 11.5 Å². The second-order valence-electron chi connectivity index (χ2n) is 4.55. The summed E-state index contributed by atoms with van der Waals surface area (Å²) in [4.78, 5) is 0.119. The Hall–Kier alpha value is -2.06. The number of rotatable bonds is 7. The molecule has 0 saturated heterocycles. The topological polar surface area (TPSA) is 82.5 Å². The molecule has 0 saturated carbocycles. The molecule has 2 aromatic rings. The normalized spacial score (nSPS) is 11.4. The Kier molecular flexibility index (Phi) is 5.04. The molecule has 0 fully saturated rings. The summed E-state index contributed by atoms with van der Waals surface area (Å²) in [5.41, 5.74) is 0.797. The fourth-order valence-corrected chi connectivity index (χ4v) is 2.95. The zero-order valence-electron chi connectivity index (χ0n) is 12.7. The molecule has 2 rings (SSSR count). The highest BCUT2D eigenvalue weighted by molar-refractivity contribution is 7.89. The highest BCUT2D eigenvalue weighted by Crippen LogP contribution is 2.29. The first-order valence-electron chi connectivity index (χ1n) is 6.73. The predicted molar refractivity (Wildman–Crippen MR) is 81.5 cm³/mol. The van der Waals surface area contributed by atoms with E-state index in [4.69, 9.17) is 9.47 Å². The maximum atomic E-state index is 12.3. The van der Waals surface area contributed by atoms with Crippen LogP contribution in [0.15, 0.2) is 35.5 Å². The number of methoxy groups -OCH3 is 2. The quantitative estimate of drug-likeness (QED) is 0.832. The van der Waals surface area contributed by atoms with E-state index in [2.05, 4.69) is 9.82 Å². The molecule has 0 radical (unpaired) electrons. The summed E-state index contributed by atoms with van der Waals surface area (Å²) in [7, 11) is -0.681. The van der Waals surface area contributed by atoms with Crippen LogP contribution in [0.1, 0.15) is 12.5 Å². The van der Waals surface area contributed by atoms with Crippen LogP contribution in [0.2, 0.25) is 0 Å². The van der Waals surface area contributed by atoms with E-state index in [0.29, 0.717) is 11.5 Å². The Morgan fingerprint density at radius 3 is 2.55 bits per heavy atom. The average molecular weight is 325 g/mol. The molecule has 0 bridgehead atoms. The van der Waals surface area contributed by atoms with Gasteiger partial charge in [0.1, 0.15) is 0 Å². The van der Waals surface area contributed by atoms with Crippen LogP contribution >= 0.6 is 0 Å². The van der Waals surface area contributed by atoms with Crippen molar-refractivity contribution in [2.24, 2.45) is 0 Å². The van der Waals surface area contributed by atoms with Crippen LogP contribution in [-0.2, 0) is 23.1 Å². The number of hydrogen-bond donors (Lipinski definition) is 1. The van der Waals surface area contributed by atoms with E-state index in [1.54, 1.807) is 23.1 Å². The summed E-state index contributed by atoms with van der Waals surface area (Å²) < 4.78 is 39.1. The zero-order chi connectivity index (χ0) is 16.2. The molecule has 22 heavy (non-hydrogen) atoms. The largest absolute Gasteiger partial charge is 0.493 e. The Bertz CT molecular complexity index is 740. The van der Waals surface area contributed by atoms with Crippen molar-refractivity contribution in [1.29, 1.82) is 0 Å². The lowest BCUT2D eigenvalue weighted by atomic mass is 10.3. The Morgan fingerprint density at radius 2 is 1.95 bits per heavy atom. The van der Waals surface area contributed by atoms with Gasteiger partial charge in [-0.05, 0) is 19.1 Å². The Morgan fingerprint density at radius 1 is 1.23 bits per heavy atom. The first-order valence-corrected chi connectivity index (χ1v) is 8.21. The van der Waals surface area contributed by atoms with E-state index in [-0.39, 0.29) is 11.4 Å². The molecule has 1 aromatic heterocycles. The number of nitrogens with zero attached hydrogens (tertiary/aromatic N) is 2. The van der Waals surface area contributed by atoms with Crippen LogP contribution in [0.25, 0.3) is 0 Å². The van der Waals surface area contributed by atoms with Crippen LogP contribution < -0.4 is 14.2 Å². The molecule has 0 aliphatic heterocycles. The Labute approximate surface area is 129 Å². The van der Waals surface area contributed by atoms with E-state index in [1.807, 2.05) is 6.92 Å². The second-order valence-corrected chi connectivity index (χ2v) is 6.31. The highest BCUT2D eigenvalue weighted by Gasteiger charge is 2.17. The first-order chi connectivity index (χ1) is 10.5. The fraction of sp³-hybridized carbons (Fsp3) is 0.357. The van der Waals surface area contributed by atoms with Gasteiger partial charge in [0.15, 0.2) is 11.5 Å². The van der Waals surface area contributed by atoms with Crippen molar-refractivity contribution in [3.63, 3.8) is 0 Å². The molecule has 0 aliphatic rings. The van der Waals surface area contributed by atoms with Gasteiger partial charge >= 0.3 is 0 Å². The van der Waals surface area contributed by atoms with Crippen LogP contribution in [-0.4, -0.2) is 32.4 Å². The van der Waals surface area contributed by atoms with Gasteiger partial charge in [-0.3, -0.25) is 4.68 Å². The summed E-state index contributed by atoms with van der Waals surface area (Å²) in [6, 6.07) is 4.46. The maximum absolute atomic E-state index is 12.3. The number of hydrogen-bond acceptors (Lipinski definition) is 5. The SMILES string of the molecule is CCn1cc(CNS(=O)(=O)c2ccc(OC)c(OC)c2)cn1. The van der Waals surface area contributed by atoms with Gasteiger partial charge in [0.2, 0.25) is 10.0 Å². The van der Waals surface area contributed by atoms with Crippen LogP contribution in [0, 0.1) is 0 Å². The molecule has 120 valence electrons. The second kappa shape index (κ2) is 6.80. The summed E-state index contributed by atoms with van der Waals surface area (Å²) in [5, 5.41) is 4.10. The monoisotopic (exact) mass is 325 g/mol. The molecule has 0 aliphatic carbocycles. The minimum absolute atomic E-state index is 0.119. The highest BCUT2D eigenvalue weighted by atomic mass is 32.2. The molecule has 0 unspecified atom stereocenters. The lowest BCUT2D eigenvalue weighted by Gasteiger charge is -2.10. The van der Waals surface area contributed by atoms with Crippen molar-refractivity contribution < 1.29 is 17.9 Å². The van der Waals surface area contributed by atoms with E-state index in [0.717, 1.165) is 12.1 Å². The molecule has 1 aromatic carbocycles. The molecule has 0 spiro atoms. The summed E-state index contributed by atoms with van der Waals surface area (Å²) in [5.74, 6) is 0.842. The van der Waals surface area contributed by atoms with E-state index in [9.17, 15) is 8.42 Å². The van der Waals surface area contributed by atoms with Crippen molar-refractivity contribution >= 4 is 10.0 Å². The third kappa shape index (κ3) is 3.58. The smallest absolute Gasteiger partial charge is 0.241 e. The van der Waals surface area contributed by atoms with Gasteiger partial charge in [-0.2, -0.15) is 5.10 Å². The van der Waals surface area contributed by atoms with E-state index in [1.165, 1.54) is 26.4 Å². The van der Waals surface area contributed by atoms with Gasteiger partial charge in [0.05, 0.1) is 25.3 Å². The molecule has 0 atom stereocenters. The van der Waals surface area contributed by atoms with Crippen LogP contribution in [0.4, 0.5) is 0 Å². The third-order valence-corrected chi connectivity index (χ3v) is 4.54. The third-order valence-electron chi connectivity index (χ3n) is 3.14. The van der Waals surface area contributed by atoms with Gasteiger partial charge in [-0.15, -0.1) is 0 Å².